The molecule has 0 aliphatic carbocycles. The first-order valence-corrected chi connectivity index (χ1v) is 11.5. The van der Waals surface area contributed by atoms with Crippen LogP contribution in [-0.2, 0) is 16.1 Å². The van der Waals surface area contributed by atoms with Gasteiger partial charge in [-0.05, 0) is 66.8 Å². The summed E-state index contributed by atoms with van der Waals surface area (Å²) in [7, 11) is 0. The number of likely N-dealkylation sites (tertiary alicyclic amines) is 1. The van der Waals surface area contributed by atoms with Crippen LogP contribution in [0.15, 0.2) is 70.9 Å². The van der Waals surface area contributed by atoms with Crippen LogP contribution in [0.1, 0.15) is 60.7 Å². The number of carbonyl (C=O) groups excluding carboxylic acids is 2. The number of carbonyl (C=O) groups is 2. The lowest BCUT2D eigenvalue weighted by molar-refractivity contribution is -0.140. The number of aliphatic hydroxyl groups excluding tert-OH is 1. The Morgan fingerprint density at radius 2 is 1.85 bits per heavy atom. The van der Waals surface area contributed by atoms with E-state index in [0.29, 0.717) is 29.6 Å². The maximum atomic E-state index is 13.2. The van der Waals surface area contributed by atoms with Gasteiger partial charge >= 0.3 is 0 Å². The number of ketones is 1. The summed E-state index contributed by atoms with van der Waals surface area (Å²) in [5.74, 6) is 0.0209. The summed E-state index contributed by atoms with van der Waals surface area (Å²) in [5.41, 5.74) is 3.25. The topological polar surface area (TPSA) is 80.0 Å². The Bertz CT molecular complexity index is 1220. The molecule has 0 saturated carbocycles. The van der Waals surface area contributed by atoms with Crippen LogP contribution in [0.25, 0.3) is 5.76 Å². The molecule has 1 unspecified atom stereocenters. The standard InChI is InChI=1S/C28H29NO5/c1-5-33-23-13-12-21(15-18(23)4)26(30)24-25(20-10-8-19(9-11-20)17(2)3)29(28(32)27(24)31)16-22-7-6-14-34-22/h6-15,17,25,30H,5,16H2,1-4H3/b26-24-. The van der Waals surface area contributed by atoms with E-state index in [2.05, 4.69) is 13.8 Å². The highest BCUT2D eigenvalue weighted by Crippen LogP contribution is 2.41. The molecule has 6 heteroatoms. The van der Waals surface area contributed by atoms with Crippen molar-refractivity contribution in [1.82, 2.24) is 4.90 Å². The van der Waals surface area contributed by atoms with Gasteiger partial charge in [0.2, 0.25) is 0 Å². The molecule has 2 heterocycles. The molecule has 1 aliphatic rings. The number of furan rings is 1. The number of amides is 1. The number of hydrogen-bond acceptors (Lipinski definition) is 5. The minimum Gasteiger partial charge on any atom is -0.507 e. The minimum atomic E-state index is -0.738. The van der Waals surface area contributed by atoms with Crippen LogP contribution >= 0.6 is 0 Å². The van der Waals surface area contributed by atoms with Crippen molar-refractivity contribution >= 4 is 17.4 Å². The van der Waals surface area contributed by atoms with Gasteiger partial charge in [-0.2, -0.15) is 0 Å². The van der Waals surface area contributed by atoms with Gasteiger partial charge in [-0.25, -0.2) is 0 Å². The van der Waals surface area contributed by atoms with Crippen molar-refractivity contribution in [3.05, 3.63) is 94.4 Å². The monoisotopic (exact) mass is 459 g/mol. The number of aliphatic hydroxyl groups is 1. The minimum absolute atomic E-state index is 0.0670. The van der Waals surface area contributed by atoms with Gasteiger partial charge in [0.05, 0.1) is 31.0 Å². The molecule has 1 atom stereocenters. The molecule has 4 rings (SSSR count). The smallest absolute Gasteiger partial charge is 0.296 e. The van der Waals surface area contributed by atoms with Crippen LogP contribution in [0.5, 0.6) is 5.75 Å². The van der Waals surface area contributed by atoms with Crippen molar-refractivity contribution in [3.63, 3.8) is 0 Å². The lowest BCUT2D eigenvalue weighted by Crippen LogP contribution is -2.29. The summed E-state index contributed by atoms with van der Waals surface area (Å²) >= 11 is 0. The number of Topliss-reactive ketones (excluding diaryl/α,β-unsaturated/α-hetero) is 1. The zero-order valence-corrected chi connectivity index (χ0v) is 19.9. The quantitative estimate of drug-likeness (QED) is 0.277. The van der Waals surface area contributed by atoms with Crippen molar-refractivity contribution < 1.29 is 23.8 Å². The fourth-order valence-electron chi connectivity index (χ4n) is 4.29. The van der Waals surface area contributed by atoms with Gasteiger partial charge in [0, 0.05) is 5.56 Å². The summed E-state index contributed by atoms with van der Waals surface area (Å²) in [5, 5.41) is 11.3. The Labute approximate surface area is 199 Å². The molecule has 0 spiro atoms. The molecule has 34 heavy (non-hydrogen) atoms. The number of hydrogen-bond donors (Lipinski definition) is 1. The Hall–Kier alpha value is -3.80. The van der Waals surface area contributed by atoms with Crippen LogP contribution < -0.4 is 4.74 Å². The molecule has 1 aliphatic heterocycles. The number of ether oxygens (including phenoxy) is 1. The first-order chi connectivity index (χ1) is 16.3. The second-order valence-electron chi connectivity index (χ2n) is 8.74. The third-order valence-corrected chi connectivity index (χ3v) is 6.11. The molecular formula is C28H29NO5. The number of aryl methyl sites for hydroxylation is 1. The van der Waals surface area contributed by atoms with Crippen molar-refractivity contribution in [2.75, 3.05) is 6.61 Å². The average Bonchev–Trinajstić information content (AvgIpc) is 3.42. The molecule has 1 amide bonds. The summed E-state index contributed by atoms with van der Waals surface area (Å²) < 4.78 is 11.0. The van der Waals surface area contributed by atoms with E-state index in [1.807, 2.05) is 38.1 Å². The van der Waals surface area contributed by atoms with Crippen LogP contribution in [0.3, 0.4) is 0 Å². The Balaban J connectivity index is 1.83. The van der Waals surface area contributed by atoms with Crippen LogP contribution in [0.4, 0.5) is 0 Å². The van der Waals surface area contributed by atoms with Gasteiger partial charge in [0.1, 0.15) is 17.3 Å². The maximum absolute atomic E-state index is 13.2. The number of nitrogens with zero attached hydrogens (tertiary/aromatic N) is 1. The molecular weight excluding hydrogens is 430 g/mol. The van der Waals surface area contributed by atoms with E-state index < -0.39 is 17.7 Å². The molecule has 176 valence electrons. The number of benzene rings is 2. The van der Waals surface area contributed by atoms with Gasteiger partial charge in [-0.1, -0.05) is 38.1 Å². The fourth-order valence-corrected chi connectivity index (χ4v) is 4.29. The Kier molecular flexibility index (Phi) is 6.59. The molecule has 1 fully saturated rings. The molecule has 0 bridgehead atoms. The highest BCUT2D eigenvalue weighted by atomic mass is 16.5. The second kappa shape index (κ2) is 9.59. The van der Waals surface area contributed by atoms with Gasteiger partial charge in [0.15, 0.2) is 0 Å². The second-order valence-corrected chi connectivity index (χ2v) is 8.74. The first-order valence-electron chi connectivity index (χ1n) is 11.5. The Morgan fingerprint density at radius 3 is 2.44 bits per heavy atom. The maximum Gasteiger partial charge on any atom is 0.296 e. The lowest BCUT2D eigenvalue weighted by Gasteiger charge is -2.25. The largest absolute Gasteiger partial charge is 0.507 e. The fraction of sp³-hybridized carbons (Fsp3) is 0.286. The van der Waals surface area contributed by atoms with Gasteiger partial charge in [-0.15, -0.1) is 0 Å². The number of rotatable bonds is 7. The van der Waals surface area contributed by atoms with E-state index in [-0.39, 0.29) is 17.9 Å². The van der Waals surface area contributed by atoms with Crippen LogP contribution in [0, 0.1) is 6.92 Å². The SMILES string of the molecule is CCOc1ccc(/C(O)=C2/C(=O)C(=O)N(Cc3ccco3)C2c2ccc(C(C)C)cc2)cc1C. The highest BCUT2D eigenvalue weighted by molar-refractivity contribution is 6.46. The predicted molar refractivity (Wildman–Crippen MR) is 129 cm³/mol. The molecule has 1 N–H and O–H groups in total. The summed E-state index contributed by atoms with van der Waals surface area (Å²) in [6.07, 6.45) is 1.53. The summed E-state index contributed by atoms with van der Waals surface area (Å²) in [6.45, 7) is 8.62. The van der Waals surface area contributed by atoms with E-state index in [9.17, 15) is 14.7 Å². The summed E-state index contributed by atoms with van der Waals surface area (Å²) in [6, 6.07) is 15.8. The van der Waals surface area contributed by atoms with Crippen molar-refractivity contribution in [1.29, 1.82) is 0 Å². The van der Waals surface area contributed by atoms with Crippen LogP contribution in [0.2, 0.25) is 0 Å². The van der Waals surface area contributed by atoms with E-state index in [4.69, 9.17) is 9.15 Å². The summed E-state index contributed by atoms with van der Waals surface area (Å²) in [4.78, 5) is 27.8. The molecule has 0 radical (unpaired) electrons. The molecule has 2 aromatic carbocycles. The predicted octanol–water partition coefficient (Wildman–Crippen LogP) is 5.73. The third kappa shape index (κ3) is 4.36. The lowest BCUT2D eigenvalue weighted by atomic mass is 9.93. The zero-order chi connectivity index (χ0) is 24.4. The van der Waals surface area contributed by atoms with Crippen LogP contribution in [-0.4, -0.2) is 28.3 Å². The van der Waals surface area contributed by atoms with Gasteiger partial charge in [0.25, 0.3) is 11.7 Å². The van der Waals surface area contributed by atoms with E-state index >= 15 is 0 Å². The molecule has 6 nitrogen and oxygen atoms in total. The molecule has 1 saturated heterocycles. The zero-order valence-electron chi connectivity index (χ0n) is 19.9. The van der Waals surface area contributed by atoms with Gasteiger partial charge in [-0.3, -0.25) is 9.59 Å². The highest BCUT2D eigenvalue weighted by Gasteiger charge is 2.46. The van der Waals surface area contributed by atoms with E-state index in [1.165, 1.54) is 11.2 Å². The van der Waals surface area contributed by atoms with Crippen molar-refractivity contribution in [2.24, 2.45) is 0 Å². The normalized spacial score (nSPS) is 17.6. The third-order valence-electron chi connectivity index (χ3n) is 6.11. The Morgan fingerprint density at radius 1 is 1.12 bits per heavy atom. The molecule has 1 aromatic heterocycles. The molecule has 3 aromatic rings. The van der Waals surface area contributed by atoms with E-state index in [1.54, 1.807) is 30.3 Å². The first kappa shape index (κ1) is 23.4. The van der Waals surface area contributed by atoms with E-state index in [0.717, 1.165) is 16.7 Å². The van der Waals surface area contributed by atoms with Crippen molar-refractivity contribution in [2.45, 2.75) is 46.2 Å². The average molecular weight is 460 g/mol. The van der Waals surface area contributed by atoms with Gasteiger partial charge < -0.3 is 19.2 Å². The van der Waals surface area contributed by atoms with Crippen molar-refractivity contribution in [3.8, 4) is 5.75 Å².